The van der Waals surface area contributed by atoms with Gasteiger partial charge in [-0.25, -0.2) is 9.59 Å². The van der Waals surface area contributed by atoms with Gasteiger partial charge in [0.1, 0.15) is 12.6 Å². The van der Waals surface area contributed by atoms with E-state index in [2.05, 4.69) is 0 Å². The number of ether oxygens (including phenoxy) is 2. The molecule has 0 aromatic heterocycles. The molecule has 2 aliphatic rings. The standard InChI is InChI=1S/C29H36BNO7/c1-27(2,3)25-31(26(34)35-18-19-12-9-8-10-13-19)22(24(33)36-25)17-23(32)20-14-11-15-21(16-20)30-37-28(4,5)29(6,7)38-30/h8-16,22,25H,17-18H2,1-7H3/t22-,25-/m0/s1. The molecule has 4 rings (SSSR count). The van der Waals surface area contributed by atoms with E-state index in [9.17, 15) is 14.4 Å². The molecule has 0 N–H and O–H groups in total. The van der Waals surface area contributed by atoms with E-state index in [1.54, 1.807) is 18.2 Å². The van der Waals surface area contributed by atoms with Gasteiger partial charge >= 0.3 is 19.2 Å². The zero-order valence-corrected chi connectivity index (χ0v) is 23.1. The first-order valence-corrected chi connectivity index (χ1v) is 12.9. The third-order valence-corrected chi connectivity index (χ3v) is 7.36. The van der Waals surface area contributed by atoms with Crippen molar-refractivity contribution in [2.45, 2.75) is 85.0 Å². The summed E-state index contributed by atoms with van der Waals surface area (Å²) in [4.78, 5) is 40.8. The van der Waals surface area contributed by atoms with Crippen LogP contribution in [0.15, 0.2) is 54.6 Å². The molecule has 0 unspecified atom stereocenters. The molecule has 2 aromatic rings. The minimum atomic E-state index is -1.10. The van der Waals surface area contributed by atoms with Gasteiger partial charge in [0, 0.05) is 17.4 Å². The van der Waals surface area contributed by atoms with Gasteiger partial charge in [0.2, 0.25) is 0 Å². The number of carbonyl (C=O) groups is 3. The van der Waals surface area contributed by atoms with Crippen LogP contribution in [0.4, 0.5) is 4.79 Å². The van der Waals surface area contributed by atoms with Gasteiger partial charge in [-0.1, -0.05) is 75.4 Å². The second kappa shape index (κ2) is 10.2. The van der Waals surface area contributed by atoms with Crippen molar-refractivity contribution >= 4 is 30.4 Å². The number of carbonyl (C=O) groups excluding carboxylic acids is 3. The normalized spacial score (nSPS) is 22.3. The lowest BCUT2D eigenvalue weighted by Crippen LogP contribution is -2.48. The number of hydrogen-bond acceptors (Lipinski definition) is 7. The molecule has 38 heavy (non-hydrogen) atoms. The molecular formula is C29H36BNO7. The molecule has 0 radical (unpaired) electrons. The summed E-state index contributed by atoms with van der Waals surface area (Å²) in [5.41, 5.74) is 0.279. The van der Waals surface area contributed by atoms with Gasteiger partial charge < -0.3 is 18.8 Å². The summed E-state index contributed by atoms with van der Waals surface area (Å²) in [6.45, 7) is 13.5. The first-order chi connectivity index (χ1) is 17.7. The molecule has 0 aliphatic carbocycles. The maximum Gasteiger partial charge on any atom is 0.494 e. The summed E-state index contributed by atoms with van der Waals surface area (Å²) in [7, 11) is -0.626. The van der Waals surface area contributed by atoms with E-state index in [0.717, 1.165) is 5.56 Å². The quantitative estimate of drug-likeness (QED) is 0.314. The molecule has 2 aromatic carbocycles. The third kappa shape index (κ3) is 5.64. The zero-order chi connectivity index (χ0) is 27.9. The number of esters is 1. The first-order valence-electron chi connectivity index (χ1n) is 12.9. The molecule has 8 nitrogen and oxygen atoms in total. The molecule has 0 saturated carbocycles. The van der Waals surface area contributed by atoms with Crippen LogP contribution in [-0.4, -0.2) is 53.3 Å². The van der Waals surface area contributed by atoms with Crippen molar-refractivity contribution in [3.05, 3.63) is 65.7 Å². The average Bonchev–Trinajstić information content (AvgIpc) is 3.30. The van der Waals surface area contributed by atoms with Crippen LogP contribution in [0.1, 0.15) is 70.8 Å². The Hall–Kier alpha value is -3.17. The Bertz CT molecular complexity index is 1190. The van der Waals surface area contributed by atoms with Gasteiger partial charge in [-0.05, 0) is 38.7 Å². The van der Waals surface area contributed by atoms with Crippen molar-refractivity contribution in [3.8, 4) is 0 Å². The fourth-order valence-corrected chi connectivity index (χ4v) is 4.45. The van der Waals surface area contributed by atoms with E-state index in [1.807, 2.05) is 84.9 Å². The van der Waals surface area contributed by atoms with Gasteiger partial charge in [0.05, 0.1) is 11.2 Å². The number of amides is 1. The van der Waals surface area contributed by atoms with Crippen LogP contribution in [0.25, 0.3) is 0 Å². The van der Waals surface area contributed by atoms with Gasteiger partial charge in [0.15, 0.2) is 12.0 Å². The summed E-state index contributed by atoms with van der Waals surface area (Å²) in [6.07, 6.45) is -1.81. The topological polar surface area (TPSA) is 91.4 Å². The Morgan fingerprint density at radius 3 is 2.21 bits per heavy atom. The molecule has 202 valence electrons. The number of nitrogens with zero attached hydrogens (tertiary/aromatic N) is 1. The highest BCUT2D eigenvalue weighted by molar-refractivity contribution is 6.62. The lowest BCUT2D eigenvalue weighted by atomic mass is 9.78. The highest BCUT2D eigenvalue weighted by atomic mass is 16.7. The summed E-state index contributed by atoms with van der Waals surface area (Å²) in [6, 6.07) is 15.1. The van der Waals surface area contributed by atoms with E-state index in [4.69, 9.17) is 18.8 Å². The molecule has 0 bridgehead atoms. The van der Waals surface area contributed by atoms with Crippen molar-refractivity contribution in [2.75, 3.05) is 0 Å². The fraction of sp³-hybridized carbons (Fsp3) is 0.483. The van der Waals surface area contributed by atoms with Crippen LogP contribution in [0, 0.1) is 5.41 Å². The van der Waals surface area contributed by atoms with Crippen LogP contribution in [0.5, 0.6) is 0 Å². The molecule has 2 fully saturated rings. The minimum Gasteiger partial charge on any atom is -0.444 e. The average molecular weight is 521 g/mol. The van der Waals surface area contributed by atoms with Crippen molar-refractivity contribution in [1.29, 1.82) is 0 Å². The van der Waals surface area contributed by atoms with Gasteiger partial charge in [-0.15, -0.1) is 0 Å². The van der Waals surface area contributed by atoms with E-state index < -0.39 is 48.1 Å². The number of rotatable bonds is 6. The van der Waals surface area contributed by atoms with Crippen LogP contribution in [0.2, 0.25) is 0 Å². The van der Waals surface area contributed by atoms with Crippen LogP contribution < -0.4 is 5.46 Å². The van der Waals surface area contributed by atoms with E-state index >= 15 is 0 Å². The molecule has 9 heteroatoms. The van der Waals surface area contributed by atoms with Crippen molar-refractivity contribution in [2.24, 2.45) is 5.41 Å². The molecule has 2 atom stereocenters. The largest absolute Gasteiger partial charge is 0.494 e. The Balaban J connectivity index is 1.53. The van der Waals surface area contributed by atoms with Crippen molar-refractivity contribution < 1.29 is 33.2 Å². The summed E-state index contributed by atoms with van der Waals surface area (Å²) in [5.74, 6) is -0.933. The van der Waals surface area contributed by atoms with Crippen LogP contribution in [0.3, 0.4) is 0 Å². The van der Waals surface area contributed by atoms with Crippen molar-refractivity contribution in [1.82, 2.24) is 4.90 Å². The number of benzene rings is 2. The Labute approximate surface area is 224 Å². The summed E-state index contributed by atoms with van der Waals surface area (Å²) < 4.78 is 23.4. The van der Waals surface area contributed by atoms with Gasteiger partial charge in [0.25, 0.3) is 0 Å². The fourth-order valence-electron chi connectivity index (χ4n) is 4.45. The number of Topliss-reactive ketones (excluding diaryl/α,β-unsaturated/α-hetero) is 1. The predicted molar refractivity (Wildman–Crippen MR) is 143 cm³/mol. The zero-order valence-electron chi connectivity index (χ0n) is 23.1. The van der Waals surface area contributed by atoms with E-state index in [1.165, 1.54) is 4.90 Å². The van der Waals surface area contributed by atoms with Crippen LogP contribution in [-0.2, 0) is 30.2 Å². The monoisotopic (exact) mass is 521 g/mol. The van der Waals surface area contributed by atoms with Gasteiger partial charge in [-0.3, -0.25) is 9.69 Å². The van der Waals surface area contributed by atoms with Crippen LogP contribution >= 0.6 is 0 Å². The SMILES string of the molecule is CC(C)(C)[C@@H]1OC(=O)[C@H](CC(=O)c2cccc(B3OC(C)(C)C(C)(C)O3)c2)N1C(=O)OCc1ccccc1. The molecule has 0 spiro atoms. The Morgan fingerprint density at radius 1 is 0.974 bits per heavy atom. The molecule has 2 aliphatic heterocycles. The first kappa shape index (κ1) is 27.9. The highest BCUT2D eigenvalue weighted by Crippen LogP contribution is 2.37. The van der Waals surface area contributed by atoms with Crippen molar-refractivity contribution in [3.63, 3.8) is 0 Å². The molecule has 2 saturated heterocycles. The second-order valence-corrected chi connectivity index (χ2v) is 12.0. The van der Waals surface area contributed by atoms with E-state index in [0.29, 0.717) is 11.0 Å². The number of ketones is 1. The predicted octanol–water partition coefficient (Wildman–Crippen LogP) is 4.50. The number of hydrogen-bond donors (Lipinski definition) is 0. The maximum absolute atomic E-state index is 13.4. The lowest BCUT2D eigenvalue weighted by Gasteiger charge is -2.33. The smallest absolute Gasteiger partial charge is 0.444 e. The molecular weight excluding hydrogens is 485 g/mol. The highest BCUT2D eigenvalue weighted by Gasteiger charge is 2.53. The third-order valence-electron chi connectivity index (χ3n) is 7.36. The Kier molecular flexibility index (Phi) is 7.47. The minimum absolute atomic E-state index is 0.0397. The summed E-state index contributed by atoms with van der Waals surface area (Å²) >= 11 is 0. The Morgan fingerprint density at radius 2 is 1.61 bits per heavy atom. The number of cyclic esters (lactones) is 1. The maximum atomic E-state index is 13.4. The lowest BCUT2D eigenvalue weighted by molar-refractivity contribution is -0.147. The summed E-state index contributed by atoms with van der Waals surface area (Å²) in [5, 5.41) is 0. The second-order valence-electron chi connectivity index (χ2n) is 12.0. The van der Waals surface area contributed by atoms with E-state index in [-0.39, 0.29) is 18.8 Å². The molecule has 2 heterocycles. The van der Waals surface area contributed by atoms with Gasteiger partial charge in [-0.2, -0.15) is 0 Å². The molecule has 1 amide bonds.